The maximum absolute atomic E-state index is 13.1. The molecule has 198 valence electrons. The molecule has 2 amide bonds. The Bertz CT molecular complexity index is 1190. The van der Waals surface area contributed by atoms with Gasteiger partial charge < -0.3 is 4.90 Å². The number of aromatic nitrogens is 2. The van der Waals surface area contributed by atoms with Gasteiger partial charge in [0.1, 0.15) is 4.90 Å². The monoisotopic (exact) mass is 517 g/mol. The number of nitrogens with one attached hydrogen (secondary N) is 1. The van der Waals surface area contributed by atoms with Crippen LogP contribution in [-0.4, -0.2) is 54.0 Å². The smallest absolute Gasteiger partial charge is 0.267 e. The van der Waals surface area contributed by atoms with Gasteiger partial charge in [-0.05, 0) is 70.8 Å². The number of carbonyl (C=O) groups is 2. The van der Waals surface area contributed by atoms with Gasteiger partial charge in [0.15, 0.2) is 0 Å². The zero-order valence-electron chi connectivity index (χ0n) is 22.1. The van der Waals surface area contributed by atoms with E-state index in [4.69, 9.17) is 0 Å². The second kappa shape index (κ2) is 12.0. The maximum atomic E-state index is 13.1. The molecule has 36 heavy (non-hydrogen) atoms. The molecule has 10 heteroatoms. The van der Waals surface area contributed by atoms with Crippen LogP contribution in [0.5, 0.6) is 0 Å². The molecule has 0 radical (unpaired) electrons. The molecule has 0 fully saturated rings. The summed E-state index contributed by atoms with van der Waals surface area (Å²) < 4.78 is 29.7. The molecule has 0 aliphatic carbocycles. The van der Waals surface area contributed by atoms with Crippen LogP contribution in [-0.2, 0) is 27.9 Å². The van der Waals surface area contributed by atoms with Gasteiger partial charge in [-0.1, -0.05) is 19.3 Å². The van der Waals surface area contributed by atoms with Crippen molar-refractivity contribution in [2.45, 2.75) is 90.7 Å². The van der Waals surface area contributed by atoms with Crippen LogP contribution in [0.3, 0.4) is 0 Å². The first-order valence-corrected chi connectivity index (χ1v) is 14.3. The van der Waals surface area contributed by atoms with Gasteiger partial charge in [0, 0.05) is 43.9 Å². The number of hydrogen-bond donors (Lipinski definition) is 1. The Balaban J connectivity index is 1.97. The van der Waals surface area contributed by atoms with Crippen LogP contribution in [0.4, 0.5) is 5.69 Å². The van der Waals surface area contributed by atoms with Gasteiger partial charge in [0.2, 0.25) is 5.91 Å². The van der Waals surface area contributed by atoms with E-state index in [1.54, 1.807) is 41.6 Å². The van der Waals surface area contributed by atoms with E-state index < -0.39 is 15.9 Å². The summed E-state index contributed by atoms with van der Waals surface area (Å²) in [6.45, 7) is 12.0. The van der Waals surface area contributed by atoms with E-state index in [2.05, 4.69) is 28.6 Å². The molecule has 1 aliphatic rings. The predicted octanol–water partition coefficient (Wildman–Crippen LogP) is 3.86. The lowest BCUT2D eigenvalue weighted by molar-refractivity contribution is -0.116. The first-order valence-electron chi connectivity index (χ1n) is 12.8. The van der Waals surface area contributed by atoms with E-state index in [0.717, 1.165) is 49.9 Å². The SMILES string of the molecule is CCn1ncc(S(=O)(=O)NC(=O)c2ccc3c(c2)CN(C(C)C)CCCCCCCN3C(C)=O)c1C. The van der Waals surface area contributed by atoms with Gasteiger partial charge in [-0.2, -0.15) is 5.10 Å². The van der Waals surface area contributed by atoms with Crippen molar-refractivity contribution in [3.8, 4) is 0 Å². The highest BCUT2D eigenvalue weighted by molar-refractivity contribution is 7.90. The Morgan fingerprint density at radius 1 is 1.08 bits per heavy atom. The Morgan fingerprint density at radius 3 is 2.36 bits per heavy atom. The van der Waals surface area contributed by atoms with Crippen LogP contribution in [0.2, 0.25) is 0 Å². The Kier molecular flexibility index (Phi) is 9.30. The molecule has 0 bridgehead atoms. The number of hydrogen-bond acceptors (Lipinski definition) is 6. The molecular weight excluding hydrogens is 478 g/mol. The fourth-order valence-electron chi connectivity index (χ4n) is 4.67. The van der Waals surface area contributed by atoms with Crippen LogP contribution in [0.1, 0.15) is 81.4 Å². The van der Waals surface area contributed by atoms with Gasteiger partial charge in [0.25, 0.3) is 15.9 Å². The summed E-state index contributed by atoms with van der Waals surface area (Å²) in [5.41, 5.74) is 2.31. The minimum absolute atomic E-state index is 0.0160. The van der Waals surface area contributed by atoms with Crippen molar-refractivity contribution in [3.63, 3.8) is 0 Å². The third-order valence-electron chi connectivity index (χ3n) is 6.82. The topological polar surface area (TPSA) is 105 Å². The van der Waals surface area contributed by atoms with E-state index >= 15 is 0 Å². The number of sulfonamides is 1. The molecule has 1 N–H and O–H groups in total. The molecule has 0 atom stereocenters. The lowest BCUT2D eigenvalue weighted by Gasteiger charge is -2.31. The predicted molar refractivity (Wildman–Crippen MR) is 140 cm³/mol. The summed E-state index contributed by atoms with van der Waals surface area (Å²) in [6.07, 6.45) is 6.62. The maximum Gasteiger partial charge on any atom is 0.267 e. The van der Waals surface area contributed by atoms with Gasteiger partial charge >= 0.3 is 0 Å². The largest absolute Gasteiger partial charge is 0.312 e. The second-order valence-corrected chi connectivity index (χ2v) is 11.3. The number of anilines is 1. The molecule has 2 heterocycles. The number of benzene rings is 1. The third kappa shape index (κ3) is 6.53. The van der Waals surface area contributed by atoms with E-state index in [1.165, 1.54) is 6.20 Å². The first kappa shape index (κ1) is 27.9. The quantitative estimate of drug-likeness (QED) is 0.646. The van der Waals surface area contributed by atoms with Crippen molar-refractivity contribution in [1.29, 1.82) is 0 Å². The Hall–Kier alpha value is -2.72. The minimum Gasteiger partial charge on any atom is -0.312 e. The Labute approximate surface area is 214 Å². The average Bonchev–Trinajstić information content (AvgIpc) is 3.19. The zero-order chi connectivity index (χ0) is 26.5. The number of carbonyl (C=O) groups excluding carboxylic acids is 2. The number of nitrogens with zero attached hydrogens (tertiary/aromatic N) is 4. The number of amides is 2. The number of rotatable bonds is 5. The standard InChI is InChI=1S/C26H39N5O4S/c1-6-31-20(4)25(17-27-31)36(34,35)28-26(33)22-12-13-24-23(16-22)18-29(19(2)3)14-10-8-7-9-11-15-30(24)21(5)32/h12-13,16-17,19H,6-11,14-15,18H2,1-5H3,(H,28,33). The van der Waals surface area contributed by atoms with Gasteiger partial charge in [-0.25, -0.2) is 13.1 Å². The van der Waals surface area contributed by atoms with Crippen LogP contribution < -0.4 is 9.62 Å². The summed E-state index contributed by atoms with van der Waals surface area (Å²) >= 11 is 0. The highest BCUT2D eigenvalue weighted by atomic mass is 32.2. The molecule has 0 saturated heterocycles. The van der Waals surface area contributed by atoms with Crippen LogP contribution >= 0.6 is 0 Å². The molecule has 0 saturated carbocycles. The van der Waals surface area contributed by atoms with Gasteiger partial charge in [0.05, 0.1) is 11.9 Å². The number of aryl methyl sites for hydroxylation is 1. The van der Waals surface area contributed by atoms with E-state index in [0.29, 0.717) is 25.3 Å². The second-order valence-electron chi connectivity index (χ2n) is 9.69. The lowest BCUT2D eigenvalue weighted by Crippen LogP contribution is -2.35. The molecule has 0 unspecified atom stereocenters. The summed E-state index contributed by atoms with van der Waals surface area (Å²) in [7, 11) is -4.09. The van der Waals surface area contributed by atoms with E-state index in [-0.39, 0.29) is 22.4 Å². The van der Waals surface area contributed by atoms with Crippen molar-refractivity contribution in [2.75, 3.05) is 18.0 Å². The molecule has 1 aromatic heterocycles. The highest BCUT2D eigenvalue weighted by Gasteiger charge is 2.25. The zero-order valence-corrected chi connectivity index (χ0v) is 22.9. The van der Waals surface area contributed by atoms with Crippen LogP contribution in [0.25, 0.3) is 0 Å². The summed E-state index contributed by atoms with van der Waals surface area (Å²) in [4.78, 5) is 29.8. The molecular formula is C26H39N5O4S. The highest BCUT2D eigenvalue weighted by Crippen LogP contribution is 2.27. The lowest BCUT2D eigenvalue weighted by atomic mass is 10.0. The van der Waals surface area contributed by atoms with Crippen molar-refractivity contribution in [1.82, 2.24) is 19.4 Å². The van der Waals surface area contributed by atoms with Gasteiger partial charge in [-0.15, -0.1) is 0 Å². The van der Waals surface area contributed by atoms with Crippen molar-refractivity contribution >= 4 is 27.5 Å². The minimum atomic E-state index is -4.09. The molecule has 1 aromatic carbocycles. The molecule has 0 spiro atoms. The molecule has 9 nitrogen and oxygen atoms in total. The third-order valence-corrected chi connectivity index (χ3v) is 8.25. The van der Waals surface area contributed by atoms with Crippen LogP contribution in [0.15, 0.2) is 29.3 Å². The van der Waals surface area contributed by atoms with Crippen molar-refractivity contribution in [3.05, 3.63) is 41.2 Å². The average molecular weight is 518 g/mol. The van der Waals surface area contributed by atoms with E-state index in [1.807, 2.05) is 6.92 Å². The van der Waals surface area contributed by atoms with E-state index in [9.17, 15) is 18.0 Å². The molecule has 1 aliphatic heterocycles. The Morgan fingerprint density at radius 2 is 1.75 bits per heavy atom. The fraction of sp³-hybridized carbons (Fsp3) is 0.577. The van der Waals surface area contributed by atoms with Crippen LogP contribution in [0, 0.1) is 6.92 Å². The fourth-order valence-corrected chi connectivity index (χ4v) is 5.82. The normalized spacial score (nSPS) is 16.2. The van der Waals surface area contributed by atoms with Crippen molar-refractivity contribution in [2.24, 2.45) is 0 Å². The first-order chi connectivity index (χ1) is 17.0. The molecule has 2 aromatic rings. The van der Waals surface area contributed by atoms with Crippen molar-refractivity contribution < 1.29 is 18.0 Å². The summed E-state index contributed by atoms with van der Waals surface area (Å²) in [5, 5.41) is 4.08. The summed E-state index contributed by atoms with van der Waals surface area (Å²) in [6, 6.07) is 5.36. The molecule has 3 rings (SSSR count). The van der Waals surface area contributed by atoms with Gasteiger partial charge in [-0.3, -0.25) is 19.2 Å². The summed E-state index contributed by atoms with van der Waals surface area (Å²) in [5.74, 6) is -0.759. The number of fused-ring (bicyclic) bond motifs is 1.